The number of fused-ring (bicyclic) bond motifs is 4. The summed E-state index contributed by atoms with van der Waals surface area (Å²) in [5.74, 6) is -0.269. The molecular formula is C41H51N3O10Si. The van der Waals surface area contributed by atoms with Crippen molar-refractivity contribution < 1.29 is 47.1 Å². The number of carbonyl (C=O) groups is 1. The summed E-state index contributed by atoms with van der Waals surface area (Å²) in [4.78, 5) is 16.8. The zero-order chi connectivity index (χ0) is 38.7. The van der Waals surface area contributed by atoms with E-state index < -0.39 is 81.9 Å². The van der Waals surface area contributed by atoms with Gasteiger partial charge in [-0.3, -0.25) is 0 Å². The molecule has 0 saturated carbocycles. The Morgan fingerprint density at radius 2 is 1.42 bits per heavy atom. The molecular weight excluding hydrogens is 723 g/mol. The molecule has 5 aliphatic rings. The first kappa shape index (κ1) is 39.6. The minimum atomic E-state index is -2.48. The Hall–Kier alpha value is -3.66. The number of hydrogen-bond acceptors (Lipinski definition) is 11. The predicted octanol–water partition coefficient (Wildman–Crippen LogP) is 7.37. The molecule has 5 aliphatic heterocycles. The van der Waals surface area contributed by atoms with Crippen molar-refractivity contribution in [3.05, 3.63) is 118 Å². The molecule has 55 heavy (non-hydrogen) atoms. The van der Waals surface area contributed by atoms with Gasteiger partial charge in [-0.25, -0.2) is 4.79 Å². The highest BCUT2D eigenvalue weighted by Gasteiger charge is 2.62. The number of azide groups is 1. The Balaban J connectivity index is 1.19. The molecule has 0 spiro atoms. The highest BCUT2D eigenvalue weighted by atomic mass is 28.4. The average molecular weight is 774 g/mol. The van der Waals surface area contributed by atoms with Crippen molar-refractivity contribution in [2.45, 2.75) is 127 Å². The summed E-state index contributed by atoms with van der Waals surface area (Å²) in [6.45, 7) is 13.6. The van der Waals surface area contributed by atoms with E-state index in [0.717, 1.165) is 16.7 Å². The highest BCUT2D eigenvalue weighted by Crippen LogP contribution is 2.47. The van der Waals surface area contributed by atoms with Crippen molar-refractivity contribution in [1.29, 1.82) is 0 Å². The van der Waals surface area contributed by atoms with Crippen LogP contribution in [0.4, 0.5) is 0 Å². The fraction of sp³-hybridized carbons (Fsp3) is 0.537. The second kappa shape index (κ2) is 16.8. The lowest BCUT2D eigenvalue weighted by Crippen LogP contribution is -2.71. The standard InChI is InChI=1S/C41H51N3O10Si/c1-25(2)41(3,4)55(5,6)54-40-36-33(47-23-27-18-12-8-13-19-27)34(35(53-40)37(45)50-36)52-39-30(43-44-42)32(46-22-26-16-10-7-11-17-26)31-29(49-39)24-48-38(51-31)28-20-14-9-15-21-28/h7-21,25,29-36,38-40H,22-24H2,1-6H3/t29-,30-,31-,32-,33+,34+,35-,36-,38-,39?,40-/m1/s1. The van der Waals surface area contributed by atoms with Crippen LogP contribution in [-0.4, -0.2) is 82.2 Å². The molecule has 13 nitrogen and oxygen atoms in total. The largest absolute Gasteiger partial charge is 0.452 e. The summed E-state index contributed by atoms with van der Waals surface area (Å²) in [5.41, 5.74) is 12.6. The number of carbonyl (C=O) groups excluding carboxylic acids is 1. The van der Waals surface area contributed by atoms with Crippen LogP contribution in [0.15, 0.2) is 96.1 Å². The summed E-state index contributed by atoms with van der Waals surface area (Å²) >= 11 is 0. The van der Waals surface area contributed by atoms with Crippen molar-refractivity contribution in [3.63, 3.8) is 0 Å². The molecule has 0 aliphatic carbocycles. The third-order valence-electron chi connectivity index (χ3n) is 11.8. The number of esters is 1. The monoisotopic (exact) mass is 773 g/mol. The van der Waals surface area contributed by atoms with Gasteiger partial charge in [-0.2, -0.15) is 0 Å². The number of nitrogens with zero attached hydrogens (tertiary/aromatic N) is 3. The molecule has 11 atom stereocenters. The molecule has 1 unspecified atom stereocenters. The van der Waals surface area contributed by atoms with E-state index in [1.807, 2.05) is 91.0 Å². The normalized spacial score (nSPS) is 32.1. The van der Waals surface area contributed by atoms with Gasteiger partial charge in [0.15, 0.2) is 39.4 Å². The maximum atomic E-state index is 13.6. The van der Waals surface area contributed by atoms with E-state index in [1.54, 1.807) is 0 Å². The second-order valence-electron chi connectivity index (χ2n) is 15.9. The Labute approximate surface area is 323 Å². The van der Waals surface area contributed by atoms with Gasteiger partial charge in [0.1, 0.15) is 36.6 Å². The second-order valence-corrected chi connectivity index (χ2v) is 20.4. The van der Waals surface area contributed by atoms with Gasteiger partial charge in [0.05, 0.1) is 19.8 Å². The Morgan fingerprint density at radius 1 is 0.818 bits per heavy atom. The van der Waals surface area contributed by atoms with Crippen molar-refractivity contribution in [2.75, 3.05) is 6.61 Å². The molecule has 294 valence electrons. The first-order valence-electron chi connectivity index (χ1n) is 19.0. The zero-order valence-corrected chi connectivity index (χ0v) is 33.1. The van der Waals surface area contributed by atoms with Gasteiger partial charge in [0.25, 0.3) is 0 Å². The smallest absolute Gasteiger partial charge is 0.338 e. The Bertz CT molecular complexity index is 1780. The van der Waals surface area contributed by atoms with Gasteiger partial charge in [0.2, 0.25) is 0 Å². The minimum absolute atomic E-state index is 0.138. The fourth-order valence-corrected chi connectivity index (χ4v) is 9.88. The quantitative estimate of drug-likeness (QED) is 0.0535. The molecule has 2 bridgehead atoms. The molecule has 5 fully saturated rings. The van der Waals surface area contributed by atoms with Crippen LogP contribution < -0.4 is 0 Å². The van der Waals surface area contributed by atoms with Gasteiger partial charge in [-0.05, 0) is 40.7 Å². The van der Waals surface area contributed by atoms with Crippen LogP contribution in [0.2, 0.25) is 18.1 Å². The maximum Gasteiger partial charge on any atom is 0.338 e. The topological polar surface area (TPSA) is 149 Å². The van der Waals surface area contributed by atoms with Gasteiger partial charge in [-0.1, -0.05) is 124 Å². The first-order valence-corrected chi connectivity index (χ1v) is 21.9. The molecule has 5 heterocycles. The van der Waals surface area contributed by atoms with Crippen LogP contribution in [0, 0.1) is 5.92 Å². The van der Waals surface area contributed by atoms with Gasteiger partial charge in [0, 0.05) is 10.5 Å². The van der Waals surface area contributed by atoms with E-state index in [2.05, 4.69) is 50.8 Å². The molecule has 0 amide bonds. The molecule has 0 aromatic heterocycles. The van der Waals surface area contributed by atoms with Crippen LogP contribution in [0.5, 0.6) is 0 Å². The van der Waals surface area contributed by atoms with Crippen molar-refractivity contribution in [2.24, 2.45) is 11.0 Å². The molecule has 3 aromatic rings. The lowest BCUT2D eigenvalue weighted by Gasteiger charge is -2.54. The van der Waals surface area contributed by atoms with Crippen LogP contribution in [0.3, 0.4) is 0 Å². The summed E-state index contributed by atoms with van der Waals surface area (Å²) < 4.78 is 58.4. The lowest BCUT2D eigenvalue weighted by molar-refractivity contribution is -0.378. The summed E-state index contributed by atoms with van der Waals surface area (Å²) in [7, 11) is -2.48. The van der Waals surface area contributed by atoms with E-state index >= 15 is 0 Å². The van der Waals surface area contributed by atoms with E-state index in [9.17, 15) is 10.3 Å². The van der Waals surface area contributed by atoms with Crippen LogP contribution in [0.1, 0.15) is 50.7 Å². The summed E-state index contributed by atoms with van der Waals surface area (Å²) in [6.07, 6.45) is -8.99. The van der Waals surface area contributed by atoms with Crippen molar-refractivity contribution in [3.8, 4) is 0 Å². The Morgan fingerprint density at radius 3 is 2.02 bits per heavy atom. The Kier molecular flexibility index (Phi) is 12.1. The molecule has 14 heteroatoms. The minimum Gasteiger partial charge on any atom is -0.452 e. The van der Waals surface area contributed by atoms with E-state index in [4.69, 9.17) is 42.3 Å². The first-order chi connectivity index (χ1) is 26.5. The van der Waals surface area contributed by atoms with Gasteiger partial charge in [-0.15, -0.1) is 0 Å². The van der Waals surface area contributed by atoms with E-state index in [0.29, 0.717) is 5.92 Å². The third kappa shape index (κ3) is 8.40. The lowest BCUT2D eigenvalue weighted by atomic mass is 9.93. The predicted molar refractivity (Wildman–Crippen MR) is 203 cm³/mol. The summed E-state index contributed by atoms with van der Waals surface area (Å²) in [6, 6.07) is 27.9. The van der Waals surface area contributed by atoms with Crippen LogP contribution in [0.25, 0.3) is 10.4 Å². The SMILES string of the molecule is CC(C)C(C)(C)[Si](C)(C)O[C@H]1O[C@H]2C(=O)O[C@@H]1[C@@H](OCc1ccccc1)[C@@H]2OC1O[C@@H]2CO[C@@H](c3ccccc3)O[C@H]2[C@H](OCc2ccccc2)[C@H]1N=[N+]=[N-]. The van der Waals surface area contributed by atoms with Crippen molar-refractivity contribution in [1.82, 2.24) is 0 Å². The van der Waals surface area contributed by atoms with Gasteiger partial charge < -0.3 is 42.3 Å². The molecule has 0 N–H and O–H groups in total. The van der Waals surface area contributed by atoms with Crippen LogP contribution in [-0.2, 0) is 60.3 Å². The average Bonchev–Trinajstić information content (AvgIpc) is 3.18. The molecule has 0 radical (unpaired) electrons. The van der Waals surface area contributed by atoms with E-state index in [-0.39, 0.29) is 24.9 Å². The number of rotatable bonds is 14. The molecule has 5 saturated heterocycles. The zero-order valence-electron chi connectivity index (χ0n) is 32.1. The fourth-order valence-electron chi connectivity index (χ4n) is 7.41. The molecule has 8 rings (SSSR count). The molecule has 3 aromatic carbocycles. The maximum absolute atomic E-state index is 13.6. The number of ether oxygens (including phenoxy) is 8. The van der Waals surface area contributed by atoms with E-state index in [1.165, 1.54) is 0 Å². The third-order valence-corrected chi connectivity index (χ3v) is 16.3. The van der Waals surface area contributed by atoms with Crippen LogP contribution >= 0.6 is 0 Å². The van der Waals surface area contributed by atoms with Crippen molar-refractivity contribution >= 4 is 14.3 Å². The summed E-state index contributed by atoms with van der Waals surface area (Å²) in [5, 5.41) is 4.05. The highest BCUT2D eigenvalue weighted by molar-refractivity contribution is 6.74. The van der Waals surface area contributed by atoms with Gasteiger partial charge >= 0.3 is 5.97 Å². The number of benzene rings is 3. The number of hydrogen-bond donors (Lipinski definition) is 0.